The van der Waals surface area contributed by atoms with Crippen molar-refractivity contribution in [3.05, 3.63) is 51.2 Å². The van der Waals surface area contributed by atoms with Crippen LogP contribution in [0.2, 0.25) is 0 Å². The summed E-state index contributed by atoms with van der Waals surface area (Å²) in [6.45, 7) is 7.11. The third-order valence-electron chi connectivity index (χ3n) is 3.63. The molecule has 0 saturated heterocycles. The van der Waals surface area contributed by atoms with Crippen LogP contribution in [0.15, 0.2) is 29.6 Å². The number of hydrogen-bond donors (Lipinski definition) is 2. The molecule has 0 aliphatic carbocycles. The highest BCUT2D eigenvalue weighted by atomic mass is 32.1. The number of rotatable bonds is 6. The normalized spacial score (nSPS) is 11.2. The Labute approximate surface area is 145 Å². The molecule has 6 heteroatoms. The Morgan fingerprint density at radius 2 is 1.88 bits per heavy atom. The molecule has 2 rings (SSSR count). The van der Waals surface area contributed by atoms with Crippen molar-refractivity contribution in [3.63, 3.8) is 0 Å². The number of aryl methyl sites for hydroxylation is 2. The lowest BCUT2D eigenvalue weighted by Gasteiger charge is -2.25. The van der Waals surface area contributed by atoms with Gasteiger partial charge >= 0.3 is 5.97 Å². The van der Waals surface area contributed by atoms with Gasteiger partial charge in [-0.3, -0.25) is 4.79 Å². The number of carbonyl (C=O) groups is 2. The van der Waals surface area contributed by atoms with Crippen molar-refractivity contribution < 1.29 is 19.4 Å². The standard InChI is InChI=1S/C18H21NO4S/c1-11-8-13(9-12(2)16(11)23-10-15(20)21)17(22)19-18(3,4)14-6-5-7-24-14/h5-9H,10H2,1-4H3,(H,19,22)(H,20,21). The van der Waals surface area contributed by atoms with Crippen LogP contribution < -0.4 is 10.1 Å². The predicted octanol–water partition coefficient (Wildman–Crippen LogP) is 3.49. The van der Waals surface area contributed by atoms with Crippen molar-refractivity contribution in [3.8, 4) is 5.75 Å². The van der Waals surface area contributed by atoms with Gasteiger partial charge in [-0.1, -0.05) is 6.07 Å². The number of hydrogen-bond acceptors (Lipinski definition) is 4. The Morgan fingerprint density at radius 1 is 1.25 bits per heavy atom. The molecule has 0 unspecified atom stereocenters. The fourth-order valence-corrected chi connectivity index (χ4v) is 3.30. The Bertz CT molecular complexity index is 727. The maximum atomic E-state index is 12.6. The molecular formula is C18H21NO4S. The summed E-state index contributed by atoms with van der Waals surface area (Å²) in [4.78, 5) is 24.3. The molecule has 0 aliphatic rings. The molecular weight excluding hydrogens is 326 g/mol. The quantitative estimate of drug-likeness (QED) is 0.839. The van der Waals surface area contributed by atoms with Gasteiger partial charge in [-0.05, 0) is 62.4 Å². The molecule has 1 aromatic carbocycles. The van der Waals surface area contributed by atoms with Crippen LogP contribution in [0.3, 0.4) is 0 Å². The van der Waals surface area contributed by atoms with Gasteiger partial charge in [0.1, 0.15) is 5.75 Å². The van der Waals surface area contributed by atoms with E-state index >= 15 is 0 Å². The Balaban J connectivity index is 2.20. The number of thiophene rings is 1. The number of ether oxygens (including phenoxy) is 1. The van der Waals surface area contributed by atoms with E-state index in [1.807, 2.05) is 31.4 Å². The van der Waals surface area contributed by atoms with Crippen molar-refractivity contribution in [2.75, 3.05) is 6.61 Å². The molecule has 5 nitrogen and oxygen atoms in total. The summed E-state index contributed by atoms with van der Waals surface area (Å²) < 4.78 is 5.29. The van der Waals surface area contributed by atoms with Crippen molar-refractivity contribution in [1.29, 1.82) is 0 Å². The average Bonchev–Trinajstić information content (AvgIpc) is 3.00. The van der Waals surface area contributed by atoms with Gasteiger partial charge in [-0.25, -0.2) is 4.79 Å². The summed E-state index contributed by atoms with van der Waals surface area (Å²) in [5, 5.41) is 13.7. The summed E-state index contributed by atoms with van der Waals surface area (Å²) in [6, 6.07) is 7.37. The topological polar surface area (TPSA) is 75.6 Å². The molecule has 2 N–H and O–H groups in total. The monoisotopic (exact) mass is 347 g/mol. The Kier molecular flexibility index (Phi) is 5.29. The minimum atomic E-state index is -1.03. The highest BCUT2D eigenvalue weighted by Gasteiger charge is 2.25. The van der Waals surface area contributed by atoms with Crippen LogP contribution in [0.1, 0.15) is 40.2 Å². The lowest BCUT2D eigenvalue weighted by atomic mass is 10.0. The van der Waals surface area contributed by atoms with E-state index in [2.05, 4.69) is 5.32 Å². The molecule has 2 aromatic rings. The Morgan fingerprint density at radius 3 is 2.38 bits per heavy atom. The number of benzene rings is 1. The van der Waals surface area contributed by atoms with Gasteiger partial charge in [0.05, 0.1) is 5.54 Å². The lowest BCUT2D eigenvalue weighted by molar-refractivity contribution is -0.139. The van der Waals surface area contributed by atoms with E-state index in [-0.39, 0.29) is 5.91 Å². The SMILES string of the molecule is Cc1cc(C(=O)NC(C)(C)c2cccs2)cc(C)c1OCC(=O)O. The van der Waals surface area contributed by atoms with Crippen LogP contribution in [0, 0.1) is 13.8 Å². The fraction of sp³-hybridized carbons (Fsp3) is 0.333. The molecule has 0 spiro atoms. The van der Waals surface area contributed by atoms with Crippen molar-refractivity contribution in [2.45, 2.75) is 33.2 Å². The molecule has 0 aliphatic heterocycles. The highest BCUT2D eigenvalue weighted by Crippen LogP contribution is 2.27. The van der Waals surface area contributed by atoms with Crippen LogP contribution in [0.4, 0.5) is 0 Å². The molecule has 1 aromatic heterocycles. The number of carboxylic acid groups (broad SMARTS) is 1. The summed E-state index contributed by atoms with van der Waals surface area (Å²) in [5.74, 6) is -0.704. The molecule has 0 saturated carbocycles. The number of amides is 1. The lowest BCUT2D eigenvalue weighted by Crippen LogP contribution is -2.40. The van der Waals surface area contributed by atoms with Crippen LogP contribution >= 0.6 is 11.3 Å². The summed E-state index contributed by atoms with van der Waals surface area (Å²) in [5.41, 5.74) is 1.52. The van der Waals surface area contributed by atoms with E-state index < -0.39 is 18.1 Å². The van der Waals surface area contributed by atoms with Crippen LogP contribution in [-0.4, -0.2) is 23.6 Å². The van der Waals surface area contributed by atoms with Gasteiger partial charge in [0.15, 0.2) is 6.61 Å². The van der Waals surface area contributed by atoms with E-state index in [4.69, 9.17) is 9.84 Å². The minimum absolute atomic E-state index is 0.176. The predicted molar refractivity (Wildman–Crippen MR) is 93.9 cm³/mol. The first-order chi connectivity index (χ1) is 11.2. The molecule has 1 amide bonds. The average molecular weight is 347 g/mol. The van der Waals surface area contributed by atoms with Gasteiger partial charge in [-0.2, -0.15) is 0 Å². The van der Waals surface area contributed by atoms with Gasteiger partial charge in [0.25, 0.3) is 5.91 Å². The highest BCUT2D eigenvalue weighted by molar-refractivity contribution is 7.10. The van der Waals surface area contributed by atoms with Crippen LogP contribution in [0.25, 0.3) is 0 Å². The van der Waals surface area contributed by atoms with Crippen molar-refractivity contribution >= 4 is 23.2 Å². The third-order valence-corrected chi connectivity index (χ3v) is 4.82. The van der Waals surface area contributed by atoms with Crippen molar-refractivity contribution in [1.82, 2.24) is 5.32 Å². The van der Waals surface area contributed by atoms with E-state index in [1.165, 1.54) is 0 Å². The second kappa shape index (κ2) is 7.05. The second-order valence-corrected chi connectivity index (χ2v) is 7.13. The van der Waals surface area contributed by atoms with Gasteiger partial charge in [-0.15, -0.1) is 11.3 Å². The van der Waals surface area contributed by atoms with Gasteiger partial charge in [0.2, 0.25) is 0 Å². The zero-order valence-corrected chi connectivity index (χ0v) is 15.0. The molecule has 0 bridgehead atoms. The van der Waals surface area contributed by atoms with E-state index in [0.29, 0.717) is 11.3 Å². The van der Waals surface area contributed by atoms with Crippen LogP contribution in [0.5, 0.6) is 5.75 Å². The van der Waals surface area contributed by atoms with E-state index in [0.717, 1.165) is 16.0 Å². The second-order valence-electron chi connectivity index (χ2n) is 6.18. The number of aliphatic carboxylic acids is 1. The first-order valence-electron chi connectivity index (χ1n) is 7.53. The molecule has 0 fully saturated rings. The number of carbonyl (C=O) groups excluding carboxylic acids is 1. The van der Waals surface area contributed by atoms with Gasteiger partial charge in [0, 0.05) is 10.4 Å². The fourth-order valence-electron chi connectivity index (χ4n) is 2.49. The minimum Gasteiger partial charge on any atom is -0.481 e. The molecule has 0 atom stereocenters. The molecule has 1 heterocycles. The zero-order valence-electron chi connectivity index (χ0n) is 14.2. The summed E-state index contributed by atoms with van der Waals surface area (Å²) in [7, 11) is 0. The smallest absolute Gasteiger partial charge is 0.341 e. The van der Waals surface area contributed by atoms with E-state index in [9.17, 15) is 9.59 Å². The third kappa shape index (κ3) is 4.14. The van der Waals surface area contributed by atoms with E-state index in [1.54, 1.807) is 37.3 Å². The molecule has 128 valence electrons. The zero-order chi connectivity index (χ0) is 17.9. The van der Waals surface area contributed by atoms with Crippen molar-refractivity contribution in [2.24, 2.45) is 0 Å². The van der Waals surface area contributed by atoms with Gasteiger partial charge < -0.3 is 15.2 Å². The largest absolute Gasteiger partial charge is 0.481 e. The van der Waals surface area contributed by atoms with Crippen LogP contribution in [-0.2, 0) is 10.3 Å². The molecule has 0 radical (unpaired) electrons. The number of nitrogens with one attached hydrogen (secondary N) is 1. The summed E-state index contributed by atoms with van der Waals surface area (Å²) in [6.07, 6.45) is 0. The Hall–Kier alpha value is -2.34. The maximum Gasteiger partial charge on any atom is 0.341 e. The maximum absolute atomic E-state index is 12.6. The first kappa shape index (κ1) is 18.0. The first-order valence-corrected chi connectivity index (χ1v) is 8.41. The number of carboxylic acids is 1. The summed E-state index contributed by atoms with van der Waals surface area (Å²) >= 11 is 1.59. The molecule has 24 heavy (non-hydrogen) atoms.